The lowest BCUT2D eigenvalue weighted by molar-refractivity contribution is 0.212. The second-order valence-corrected chi connectivity index (χ2v) is 2.94. The lowest BCUT2D eigenvalue weighted by Gasteiger charge is -1.91. The standard InChI is InChI=1S/C9H14O/c1-2-3-4-5-6-9(10)7-8-9/h10H,2-4,7-8H2,1H3. The Morgan fingerprint density at radius 2 is 2.20 bits per heavy atom. The Morgan fingerprint density at radius 1 is 1.50 bits per heavy atom. The van der Waals surface area contributed by atoms with Gasteiger partial charge in [0.25, 0.3) is 0 Å². The van der Waals surface area contributed by atoms with Gasteiger partial charge in [-0.3, -0.25) is 0 Å². The third-order valence-corrected chi connectivity index (χ3v) is 1.70. The second-order valence-electron chi connectivity index (χ2n) is 2.94. The van der Waals surface area contributed by atoms with Crippen molar-refractivity contribution in [2.24, 2.45) is 0 Å². The predicted molar refractivity (Wildman–Crippen MR) is 41.5 cm³/mol. The van der Waals surface area contributed by atoms with E-state index in [-0.39, 0.29) is 0 Å². The predicted octanol–water partition coefficient (Wildman–Crippen LogP) is 1.70. The van der Waals surface area contributed by atoms with Crippen molar-refractivity contribution in [3.8, 4) is 11.8 Å². The van der Waals surface area contributed by atoms with E-state index in [0.717, 1.165) is 25.7 Å². The summed E-state index contributed by atoms with van der Waals surface area (Å²) in [6, 6.07) is 0. The van der Waals surface area contributed by atoms with E-state index in [1.807, 2.05) is 0 Å². The first-order chi connectivity index (χ1) is 4.77. The number of hydrogen-bond donors (Lipinski definition) is 1. The molecule has 1 rings (SSSR count). The highest BCUT2D eigenvalue weighted by Crippen LogP contribution is 2.33. The van der Waals surface area contributed by atoms with Crippen LogP contribution in [-0.4, -0.2) is 10.7 Å². The zero-order chi connectivity index (χ0) is 7.45. The Morgan fingerprint density at radius 3 is 2.70 bits per heavy atom. The maximum Gasteiger partial charge on any atom is 0.125 e. The van der Waals surface area contributed by atoms with Crippen LogP contribution in [0.4, 0.5) is 0 Å². The lowest BCUT2D eigenvalue weighted by atomic mass is 10.2. The molecule has 10 heavy (non-hydrogen) atoms. The summed E-state index contributed by atoms with van der Waals surface area (Å²) in [6.07, 6.45) is 5.05. The van der Waals surface area contributed by atoms with Gasteiger partial charge in [0.05, 0.1) is 0 Å². The Kier molecular flexibility index (Phi) is 2.34. The smallest absolute Gasteiger partial charge is 0.125 e. The summed E-state index contributed by atoms with van der Waals surface area (Å²) in [5.41, 5.74) is -0.562. The summed E-state index contributed by atoms with van der Waals surface area (Å²) in [7, 11) is 0. The number of hydrogen-bond acceptors (Lipinski definition) is 1. The number of rotatable bonds is 2. The summed E-state index contributed by atoms with van der Waals surface area (Å²) < 4.78 is 0. The van der Waals surface area contributed by atoms with Gasteiger partial charge in [-0.15, -0.1) is 5.92 Å². The van der Waals surface area contributed by atoms with E-state index >= 15 is 0 Å². The van der Waals surface area contributed by atoms with E-state index in [0.29, 0.717) is 0 Å². The summed E-state index contributed by atoms with van der Waals surface area (Å²) in [5.74, 6) is 5.86. The summed E-state index contributed by atoms with van der Waals surface area (Å²) in [4.78, 5) is 0. The van der Waals surface area contributed by atoms with E-state index in [2.05, 4.69) is 18.8 Å². The summed E-state index contributed by atoms with van der Waals surface area (Å²) >= 11 is 0. The molecule has 56 valence electrons. The summed E-state index contributed by atoms with van der Waals surface area (Å²) in [5, 5.41) is 9.25. The minimum Gasteiger partial charge on any atom is -0.378 e. The molecule has 0 unspecified atom stereocenters. The molecular formula is C9H14O. The Balaban J connectivity index is 2.13. The molecule has 0 heterocycles. The fourth-order valence-electron chi connectivity index (χ4n) is 0.736. The van der Waals surface area contributed by atoms with Crippen molar-refractivity contribution in [2.45, 2.75) is 44.6 Å². The van der Waals surface area contributed by atoms with Crippen LogP contribution < -0.4 is 0 Å². The van der Waals surface area contributed by atoms with E-state index in [1.165, 1.54) is 6.42 Å². The Bertz CT molecular complexity index is 157. The maximum atomic E-state index is 9.25. The molecule has 1 heteroatoms. The van der Waals surface area contributed by atoms with Gasteiger partial charge in [0, 0.05) is 6.42 Å². The number of unbranched alkanes of at least 4 members (excludes halogenated alkanes) is 2. The summed E-state index contributed by atoms with van der Waals surface area (Å²) in [6.45, 7) is 2.15. The van der Waals surface area contributed by atoms with Crippen LogP contribution in [0.2, 0.25) is 0 Å². The Hall–Kier alpha value is -0.480. The van der Waals surface area contributed by atoms with Crippen molar-refractivity contribution < 1.29 is 5.11 Å². The van der Waals surface area contributed by atoms with Crippen molar-refractivity contribution in [3.05, 3.63) is 0 Å². The molecule has 0 amide bonds. The monoisotopic (exact) mass is 138 g/mol. The van der Waals surface area contributed by atoms with Crippen LogP contribution >= 0.6 is 0 Å². The number of aliphatic hydroxyl groups is 1. The first kappa shape index (κ1) is 7.63. The molecule has 0 spiro atoms. The molecule has 1 saturated carbocycles. The average molecular weight is 138 g/mol. The van der Waals surface area contributed by atoms with Gasteiger partial charge in [-0.2, -0.15) is 0 Å². The molecule has 0 bridgehead atoms. The molecule has 0 aromatic carbocycles. The fourth-order valence-corrected chi connectivity index (χ4v) is 0.736. The SMILES string of the molecule is CCCCC#CC1(O)CC1. The van der Waals surface area contributed by atoms with E-state index in [9.17, 15) is 5.11 Å². The van der Waals surface area contributed by atoms with Crippen LogP contribution in [0.25, 0.3) is 0 Å². The van der Waals surface area contributed by atoms with Gasteiger partial charge in [0.15, 0.2) is 0 Å². The first-order valence-electron chi connectivity index (χ1n) is 3.99. The van der Waals surface area contributed by atoms with Crippen molar-refractivity contribution >= 4 is 0 Å². The fraction of sp³-hybridized carbons (Fsp3) is 0.778. The van der Waals surface area contributed by atoms with Gasteiger partial charge < -0.3 is 5.11 Å². The minimum absolute atomic E-state index is 0.562. The highest BCUT2D eigenvalue weighted by atomic mass is 16.3. The third kappa shape index (κ3) is 2.41. The van der Waals surface area contributed by atoms with E-state index in [4.69, 9.17) is 0 Å². The van der Waals surface area contributed by atoms with Crippen molar-refractivity contribution in [3.63, 3.8) is 0 Å². The molecule has 0 radical (unpaired) electrons. The van der Waals surface area contributed by atoms with E-state index in [1.54, 1.807) is 0 Å². The molecule has 0 saturated heterocycles. The van der Waals surface area contributed by atoms with Gasteiger partial charge >= 0.3 is 0 Å². The highest BCUT2D eigenvalue weighted by molar-refractivity contribution is 5.21. The van der Waals surface area contributed by atoms with E-state index < -0.39 is 5.60 Å². The maximum absolute atomic E-state index is 9.25. The average Bonchev–Trinajstić information content (AvgIpc) is 2.62. The van der Waals surface area contributed by atoms with Gasteiger partial charge in [0.2, 0.25) is 0 Å². The highest BCUT2D eigenvalue weighted by Gasteiger charge is 2.38. The van der Waals surface area contributed by atoms with Gasteiger partial charge in [-0.05, 0) is 19.3 Å². The second kappa shape index (κ2) is 3.07. The topological polar surface area (TPSA) is 20.2 Å². The van der Waals surface area contributed by atoms with Crippen molar-refractivity contribution in [1.82, 2.24) is 0 Å². The zero-order valence-electron chi connectivity index (χ0n) is 6.48. The zero-order valence-corrected chi connectivity index (χ0v) is 6.48. The molecule has 1 fully saturated rings. The van der Waals surface area contributed by atoms with Crippen LogP contribution in [0.15, 0.2) is 0 Å². The molecule has 1 aliphatic carbocycles. The third-order valence-electron chi connectivity index (χ3n) is 1.70. The normalized spacial score (nSPS) is 19.4. The molecule has 0 aliphatic heterocycles. The molecule has 1 N–H and O–H groups in total. The van der Waals surface area contributed by atoms with Crippen molar-refractivity contribution in [1.29, 1.82) is 0 Å². The molecule has 0 aromatic rings. The molecule has 1 nitrogen and oxygen atoms in total. The van der Waals surface area contributed by atoms with Gasteiger partial charge in [-0.1, -0.05) is 19.3 Å². The largest absolute Gasteiger partial charge is 0.378 e. The molecule has 0 aromatic heterocycles. The van der Waals surface area contributed by atoms with Crippen molar-refractivity contribution in [2.75, 3.05) is 0 Å². The lowest BCUT2D eigenvalue weighted by Crippen LogP contribution is -2.00. The molecular weight excluding hydrogens is 124 g/mol. The van der Waals surface area contributed by atoms with Crippen LogP contribution in [0.5, 0.6) is 0 Å². The van der Waals surface area contributed by atoms with Crippen LogP contribution in [-0.2, 0) is 0 Å². The van der Waals surface area contributed by atoms with Gasteiger partial charge in [0.1, 0.15) is 5.60 Å². The van der Waals surface area contributed by atoms with Crippen LogP contribution in [0, 0.1) is 11.8 Å². The van der Waals surface area contributed by atoms with Gasteiger partial charge in [-0.25, -0.2) is 0 Å². The van der Waals surface area contributed by atoms with Crippen LogP contribution in [0.1, 0.15) is 39.0 Å². The minimum atomic E-state index is -0.562. The first-order valence-corrected chi connectivity index (χ1v) is 3.99. The molecule has 1 aliphatic rings. The van der Waals surface area contributed by atoms with Crippen LogP contribution in [0.3, 0.4) is 0 Å². The quantitative estimate of drug-likeness (QED) is 0.455. The molecule has 0 atom stereocenters. The Labute approximate surface area is 62.4 Å².